The topological polar surface area (TPSA) is 131 Å². The zero-order valence-corrected chi connectivity index (χ0v) is 18.0. The van der Waals surface area contributed by atoms with E-state index in [1.54, 1.807) is 26.0 Å². The Labute approximate surface area is 171 Å². The Kier molecular flexibility index (Phi) is 9.76. The van der Waals surface area contributed by atoms with E-state index in [9.17, 15) is 4.79 Å². The van der Waals surface area contributed by atoms with Crippen LogP contribution in [0.3, 0.4) is 0 Å². The molecule has 0 saturated heterocycles. The van der Waals surface area contributed by atoms with Gasteiger partial charge in [0.1, 0.15) is 13.2 Å². The lowest BCUT2D eigenvalue weighted by atomic mass is 10.1. The molecule has 1 aromatic carbocycles. The highest BCUT2D eigenvalue weighted by molar-refractivity contribution is 6.40. The normalized spacial score (nSPS) is 12.6. The van der Waals surface area contributed by atoms with Crippen LogP contribution in [0, 0.1) is 6.92 Å². The van der Waals surface area contributed by atoms with Crippen molar-refractivity contribution in [3.63, 3.8) is 0 Å². The maximum atomic E-state index is 12.1. The van der Waals surface area contributed by atoms with Crippen LogP contribution in [0.25, 0.3) is 0 Å². The third-order valence-corrected chi connectivity index (χ3v) is 4.00. The third-order valence-electron chi connectivity index (χ3n) is 4.00. The van der Waals surface area contributed by atoms with Gasteiger partial charge in [-0.25, -0.2) is 21.5 Å². The summed E-state index contributed by atoms with van der Waals surface area (Å²) in [5.74, 6) is 11.9. The Morgan fingerprint density at radius 1 is 1.14 bits per heavy atom. The van der Waals surface area contributed by atoms with Gasteiger partial charge in [-0.3, -0.25) is 5.01 Å². The first-order chi connectivity index (χ1) is 13.7. The van der Waals surface area contributed by atoms with E-state index >= 15 is 0 Å². The lowest BCUT2D eigenvalue weighted by molar-refractivity contribution is 0.159. The molecule has 0 atom stereocenters. The number of amides is 2. The first kappa shape index (κ1) is 24.1. The average molecular weight is 406 g/mol. The van der Waals surface area contributed by atoms with Crippen LogP contribution >= 0.6 is 0 Å². The third kappa shape index (κ3) is 7.16. The highest BCUT2D eigenvalue weighted by Crippen LogP contribution is 2.23. The lowest BCUT2D eigenvalue weighted by Gasteiger charge is -2.24. The van der Waals surface area contributed by atoms with Crippen LogP contribution in [0.15, 0.2) is 33.6 Å². The number of hydrogen-bond donors (Lipinski definition) is 2. The molecule has 0 radical (unpaired) electrons. The number of carbonyl (C=O) groups excluding carboxylic acids is 1. The van der Waals surface area contributed by atoms with Crippen molar-refractivity contribution >= 4 is 29.0 Å². The lowest BCUT2D eigenvalue weighted by Crippen LogP contribution is -2.49. The van der Waals surface area contributed by atoms with Gasteiger partial charge in [-0.15, -0.1) is 5.10 Å². The molecule has 0 aliphatic carbocycles. The molecule has 0 spiro atoms. The molecule has 0 aromatic heterocycles. The van der Waals surface area contributed by atoms with E-state index in [0.717, 1.165) is 21.1 Å². The van der Waals surface area contributed by atoms with Gasteiger partial charge in [0.2, 0.25) is 5.90 Å². The minimum Gasteiger partial charge on any atom is -0.475 e. The first-order valence-electron chi connectivity index (χ1n) is 9.29. The van der Waals surface area contributed by atoms with Crippen molar-refractivity contribution in [1.82, 2.24) is 5.01 Å². The molecular weight excluding hydrogens is 374 g/mol. The van der Waals surface area contributed by atoms with Gasteiger partial charge in [0.25, 0.3) is 0 Å². The van der Waals surface area contributed by atoms with Crippen molar-refractivity contribution in [3.8, 4) is 0 Å². The summed E-state index contributed by atoms with van der Waals surface area (Å²) in [5, 5.41) is 14.1. The van der Waals surface area contributed by atoms with Crippen LogP contribution in [-0.2, 0) is 16.2 Å². The van der Waals surface area contributed by atoms with Crippen LogP contribution in [0.5, 0.6) is 0 Å². The highest BCUT2D eigenvalue weighted by atomic mass is 16.6. The maximum Gasteiger partial charge on any atom is 0.352 e. The standard InChI is InChI=1S/C19H31N7O3/c1-7-18(23-22-14(4)15(5)24-29-8-2)28-12-16-13(3)10-9-11-17(16)26(21)19(27)25(6)20/h9-11H,7-8,12,20-21H2,1-6H3. The summed E-state index contributed by atoms with van der Waals surface area (Å²) >= 11 is 0. The fourth-order valence-corrected chi connectivity index (χ4v) is 2.16. The molecule has 10 nitrogen and oxygen atoms in total. The Hall–Kier alpha value is -2.98. The Morgan fingerprint density at radius 2 is 1.83 bits per heavy atom. The molecular formula is C19H31N7O3. The fourth-order valence-electron chi connectivity index (χ4n) is 2.16. The van der Waals surface area contributed by atoms with Crippen LogP contribution in [0.4, 0.5) is 10.5 Å². The number of ether oxygens (including phenoxy) is 1. The Morgan fingerprint density at radius 3 is 2.41 bits per heavy atom. The van der Waals surface area contributed by atoms with Crippen molar-refractivity contribution in [2.24, 2.45) is 27.0 Å². The molecule has 0 bridgehead atoms. The minimum atomic E-state index is -0.550. The molecule has 1 aromatic rings. The van der Waals surface area contributed by atoms with E-state index in [1.807, 2.05) is 26.8 Å². The molecule has 2 amide bonds. The number of benzene rings is 1. The van der Waals surface area contributed by atoms with Gasteiger partial charge in [0.15, 0.2) is 0 Å². The molecule has 1 rings (SSSR count). The quantitative estimate of drug-likeness (QED) is 0.226. The largest absolute Gasteiger partial charge is 0.475 e. The number of nitrogens with zero attached hydrogens (tertiary/aromatic N) is 5. The second kappa shape index (κ2) is 11.8. The Balaban J connectivity index is 3.02. The second-order valence-electron chi connectivity index (χ2n) is 6.25. The summed E-state index contributed by atoms with van der Waals surface area (Å²) in [7, 11) is 1.42. The summed E-state index contributed by atoms with van der Waals surface area (Å²) in [5.41, 5.74) is 3.42. The van der Waals surface area contributed by atoms with Crippen molar-refractivity contribution in [2.75, 3.05) is 18.7 Å². The van der Waals surface area contributed by atoms with E-state index < -0.39 is 6.03 Å². The molecule has 29 heavy (non-hydrogen) atoms. The SMILES string of the molecule is CCON=C(C)C(C)=NN=C(CC)OCc1c(C)cccc1N(N)C(=O)N(C)N. The van der Waals surface area contributed by atoms with Gasteiger partial charge in [0.05, 0.1) is 17.1 Å². The van der Waals surface area contributed by atoms with E-state index in [4.69, 9.17) is 21.3 Å². The number of hydrazine groups is 2. The monoisotopic (exact) mass is 405 g/mol. The summed E-state index contributed by atoms with van der Waals surface area (Å²) < 4.78 is 5.83. The van der Waals surface area contributed by atoms with Crippen LogP contribution in [-0.4, -0.2) is 42.0 Å². The van der Waals surface area contributed by atoms with Gasteiger partial charge >= 0.3 is 6.03 Å². The number of anilines is 1. The molecule has 0 aliphatic rings. The predicted molar refractivity (Wildman–Crippen MR) is 116 cm³/mol. The highest BCUT2D eigenvalue weighted by Gasteiger charge is 2.19. The zero-order valence-electron chi connectivity index (χ0n) is 18.0. The summed E-state index contributed by atoms with van der Waals surface area (Å²) in [6, 6.07) is 4.89. The average Bonchev–Trinajstić information content (AvgIpc) is 2.71. The predicted octanol–water partition coefficient (Wildman–Crippen LogP) is 2.71. The van der Waals surface area contributed by atoms with E-state index in [0.29, 0.717) is 36.0 Å². The summed E-state index contributed by atoms with van der Waals surface area (Å²) in [6.07, 6.45) is 0.538. The van der Waals surface area contributed by atoms with Crippen molar-refractivity contribution in [3.05, 3.63) is 29.3 Å². The number of urea groups is 1. The number of rotatable bonds is 8. The molecule has 4 N–H and O–H groups in total. The van der Waals surface area contributed by atoms with Gasteiger partial charge < -0.3 is 9.57 Å². The van der Waals surface area contributed by atoms with E-state index in [1.165, 1.54) is 7.05 Å². The number of oxime groups is 1. The van der Waals surface area contributed by atoms with Crippen molar-refractivity contribution < 1.29 is 14.4 Å². The summed E-state index contributed by atoms with van der Waals surface area (Å²) in [4.78, 5) is 17.1. The molecule has 0 fully saturated rings. The van der Waals surface area contributed by atoms with Crippen molar-refractivity contribution in [1.29, 1.82) is 0 Å². The molecule has 0 unspecified atom stereocenters. The minimum absolute atomic E-state index is 0.171. The van der Waals surface area contributed by atoms with Crippen molar-refractivity contribution in [2.45, 2.75) is 47.6 Å². The number of carbonyl (C=O) groups is 1. The second-order valence-corrected chi connectivity index (χ2v) is 6.25. The van der Waals surface area contributed by atoms with Crippen LogP contribution < -0.4 is 16.7 Å². The Bertz CT molecular complexity index is 788. The van der Waals surface area contributed by atoms with Crippen LogP contribution in [0.1, 0.15) is 45.2 Å². The first-order valence-corrected chi connectivity index (χ1v) is 9.29. The number of hydrogen-bond acceptors (Lipinski definition) is 8. The molecule has 0 saturated carbocycles. The molecule has 10 heteroatoms. The van der Waals surface area contributed by atoms with Gasteiger partial charge in [-0.2, -0.15) is 5.10 Å². The van der Waals surface area contributed by atoms with E-state index in [-0.39, 0.29) is 6.61 Å². The zero-order chi connectivity index (χ0) is 22.0. The van der Waals surface area contributed by atoms with E-state index in [2.05, 4.69) is 15.4 Å². The van der Waals surface area contributed by atoms with Gasteiger partial charge in [-0.1, -0.05) is 24.2 Å². The fraction of sp³-hybridized carbons (Fsp3) is 0.474. The van der Waals surface area contributed by atoms with Crippen LogP contribution in [0.2, 0.25) is 0 Å². The number of aryl methyl sites for hydroxylation is 1. The summed E-state index contributed by atoms with van der Waals surface area (Å²) in [6.45, 7) is 9.90. The number of nitrogens with two attached hydrogens (primary N) is 2. The molecule has 0 aliphatic heterocycles. The maximum absolute atomic E-state index is 12.1. The molecule has 0 heterocycles. The molecule has 160 valence electrons. The smallest absolute Gasteiger partial charge is 0.352 e. The van der Waals surface area contributed by atoms with Gasteiger partial charge in [0, 0.05) is 19.0 Å². The van der Waals surface area contributed by atoms with Gasteiger partial charge in [-0.05, 0) is 39.3 Å².